The van der Waals surface area contributed by atoms with Crippen molar-refractivity contribution in [2.24, 2.45) is 0 Å². The van der Waals surface area contributed by atoms with Gasteiger partial charge in [0.2, 0.25) is 0 Å². The van der Waals surface area contributed by atoms with Gasteiger partial charge in [0.1, 0.15) is 10.7 Å². The van der Waals surface area contributed by atoms with Crippen molar-refractivity contribution in [2.75, 3.05) is 4.72 Å². The number of nitrogens with one attached hydrogen (secondary N) is 1. The van der Waals surface area contributed by atoms with Crippen LogP contribution in [0.1, 0.15) is 37.9 Å². The molecule has 0 amide bonds. The second-order valence-corrected chi connectivity index (χ2v) is 7.97. The molecule has 2 aromatic heterocycles. The van der Waals surface area contributed by atoms with Gasteiger partial charge in [0, 0.05) is 5.69 Å². The summed E-state index contributed by atoms with van der Waals surface area (Å²) in [4.78, 5) is 4.39. The van der Waals surface area contributed by atoms with E-state index in [2.05, 4.69) is 14.8 Å². The van der Waals surface area contributed by atoms with Crippen LogP contribution in [0.25, 0.3) is 0 Å². The molecule has 2 aromatic rings. The van der Waals surface area contributed by atoms with Crippen LogP contribution in [0.4, 0.5) is 5.82 Å². The van der Waals surface area contributed by atoms with E-state index in [9.17, 15) is 8.42 Å². The maximum absolute atomic E-state index is 12.7. The van der Waals surface area contributed by atoms with E-state index >= 15 is 0 Å². The monoisotopic (exact) mass is 322 g/mol. The molecule has 1 N–H and O–H groups in total. The molecule has 120 valence electrons. The molecule has 0 radical (unpaired) electrons. The van der Waals surface area contributed by atoms with E-state index in [-0.39, 0.29) is 10.4 Å². The first-order chi connectivity index (χ1) is 10.0. The predicted octanol–water partition coefficient (Wildman–Crippen LogP) is 2.76. The third-order valence-corrected chi connectivity index (χ3v) is 4.86. The van der Waals surface area contributed by atoms with Crippen molar-refractivity contribution in [3.63, 3.8) is 0 Å². The summed E-state index contributed by atoms with van der Waals surface area (Å²) >= 11 is 0. The fourth-order valence-corrected chi connectivity index (χ4v) is 3.86. The van der Waals surface area contributed by atoms with Crippen molar-refractivity contribution in [1.82, 2.24) is 14.8 Å². The van der Waals surface area contributed by atoms with Crippen molar-refractivity contribution in [3.05, 3.63) is 35.3 Å². The molecule has 0 unspecified atom stereocenters. The van der Waals surface area contributed by atoms with Crippen LogP contribution in [0.5, 0.6) is 0 Å². The van der Waals surface area contributed by atoms with Gasteiger partial charge in [-0.25, -0.2) is 13.4 Å². The van der Waals surface area contributed by atoms with E-state index in [1.54, 1.807) is 30.7 Å². The third kappa shape index (κ3) is 3.14. The zero-order valence-electron chi connectivity index (χ0n) is 13.8. The van der Waals surface area contributed by atoms with Crippen LogP contribution in [-0.4, -0.2) is 23.2 Å². The molecule has 0 fully saturated rings. The Morgan fingerprint density at radius 1 is 1.14 bits per heavy atom. The molecule has 0 aliphatic rings. The number of hydrogen-bond acceptors (Lipinski definition) is 4. The molecule has 7 heteroatoms. The Morgan fingerprint density at radius 3 is 2.27 bits per heavy atom. The predicted molar refractivity (Wildman–Crippen MR) is 86.5 cm³/mol. The average Bonchev–Trinajstić information content (AvgIpc) is 2.64. The Hall–Kier alpha value is -1.89. The van der Waals surface area contributed by atoms with Crippen LogP contribution < -0.4 is 4.72 Å². The second-order valence-electron chi connectivity index (χ2n) is 6.35. The minimum Gasteiger partial charge on any atom is -0.263 e. The summed E-state index contributed by atoms with van der Waals surface area (Å²) < 4.78 is 29.6. The maximum Gasteiger partial charge on any atom is 0.266 e. The molecule has 0 spiro atoms. The summed E-state index contributed by atoms with van der Waals surface area (Å²) in [7, 11) is -3.73. The molecule has 6 nitrogen and oxygen atoms in total. The Balaban J connectivity index is 2.49. The van der Waals surface area contributed by atoms with Gasteiger partial charge < -0.3 is 0 Å². The molecular formula is C15H22N4O2S. The van der Waals surface area contributed by atoms with Crippen molar-refractivity contribution in [1.29, 1.82) is 0 Å². The van der Waals surface area contributed by atoms with Crippen LogP contribution in [0, 0.1) is 20.8 Å². The largest absolute Gasteiger partial charge is 0.266 e. The SMILES string of the molecule is Cc1cccc(NS(=O)(=O)c2c(C)nn(C(C)(C)C)c2C)n1. The van der Waals surface area contributed by atoms with Gasteiger partial charge in [-0.1, -0.05) is 6.07 Å². The van der Waals surface area contributed by atoms with E-state index in [4.69, 9.17) is 0 Å². The minimum absolute atomic E-state index is 0.214. The summed E-state index contributed by atoms with van der Waals surface area (Å²) in [5, 5.41) is 4.38. The molecule has 0 atom stereocenters. The fourth-order valence-electron chi connectivity index (χ4n) is 2.46. The number of aromatic nitrogens is 3. The lowest BCUT2D eigenvalue weighted by atomic mass is 10.1. The summed E-state index contributed by atoms with van der Waals surface area (Å²) in [6.07, 6.45) is 0. The third-order valence-electron chi connectivity index (χ3n) is 3.26. The van der Waals surface area contributed by atoms with Crippen LogP contribution in [-0.2, 0) is 15.6 Å². The molecule has 22 heavy (non-hydrogen) atoms. The maximum atomic E-state index is 12.7. The van der Waals surface area contributed by atoms with E-state index in [0.29, 0.717) is 17.2 Å². The first-order valence-corrected chi connectivity index (χ1v) is 8.54. The number of sulfonamides is 1. The van der Waals surface area contributed by atoms with Crippen LogP contribution >= 0.6 is 0 Å². The van der Waals surface area contributed by atoms with Crippen molar-refractivity contribution in [2.45, 2.75) is 52.0 Å². The van der Waals surface area contributed by atoms with E-state index in [1.165, 1.54) is 0 Å². The molecule has 0 saturated carbocycles. The minimum atomic E-state index is -3.73. The summed E-state index contributed by atoms with van der Waals surface area (Å²) in [5.74, 6) is 0.308. The van der Waals surface area contributed by atoms with Gasteiger partial charge in [-0.2, -0.15) is 5.10 Å². The standard InChI is InChI=1S/C15H22N4O2S/c1-10-8-7-9-13(16-10)18-22(20,21)14-11(2)17-19(12(14)3)15(4,5)6/h7-9H,1-6H3,(H,16,18). The topological polar surface area (TPSA) is 76.9 Å². The van der Waals surface area contributed by atoms with Gasteiger partial charge in [0.05, 0.1) is 16.9 Å². The summed E-state index contributed by atoms with van der Waals surface area (Å²) in [6.45, 7) is 11.2. The molecule has 0 aromatic carbocycles. The van der Waals surface area contributed by atoms with Gasteiger partial charge in [0.25, 0.3) is 10.0 Å². The van der Waals surface area contributed by atoms with Gasteiger partial charge in [-0.05, 0) is 53.7 Å². The van der Waals surface area contributed by atoms with E-state index in [1.807, 2.05) is 33.8 Å². The molecule has 0 bridgehead atoms. The van der Waals surface area contributed by atoms with Gasteiger partial charge in [0.15, 0.2) is 0 Å². The number of aryl methyl sites for hydroxylation is 2. The van der Waals surface area contributed by atoms with Crippen LogP contribution in [0.3, 0.4) is 0 Å². The first kappa shape index (κ1) is 16.5. The van der Waals surface area contributed by atoms with Crippen molar-refractivity contribution >= 4 is 15.8 Å². The highest BCUT2D eigenvalue weighted by Crippen LogP contribution is 2.26. The lowest BCUT2D eigenvalue weighted by molar-refractivity contribution is 0.345. The molecule has 0 saturated heterocycles. The zero-order valence-corrected chi connectivity index (χ0v) is 14.6. The van der Waals surface area contributed by atoms with E-state index in [0.717, 1.165) is 5.69 Å². The van der Waals surface area contributed by atoms with Crippen LogP contribution in [0.2, 0.25) is 0 Å². The van der Waals surface area contributed by atoms with Gasteiger partial charge in [-0.15, -0.1) is 0 Å². The summed E-state index contributed by atoms with van der Waals surface area (Å²) in [6, 6.07) is 5.20. The Bertz CT molecular complexity index is 801. The molecule has 0 aliphatic carbocycles. The first-order valence-electron chi connectivity index (χ1n) is 7.05. The van der Waals surface area contributed by atoms with Crippen molar-refractivity contribution < 1.29 is 8.42 Å². The van der Waals surface area contributed by atoms with Crippen molar-refractivity contribution in [3.8, 4) is 0 Å². The Morgan fingerprint density at radius 2 is 1.77 bits per heavy atom. The number of hydrogen-bond donors (Lipinski definition) is 1. The highest BCUT2D eigenvalue weighted by Gasteiger charge is 2.28. The average molecular weight is 322 g/mol. The number of anilines is 1. The Labute approximate surface area is 131 Å². The highest BCUT2D eigenvalue weighted by atomic mass is 32.2. The second kappa shape index (κ2) is 5.39. The normalized spacial score (nSPS) is 12.5. The zero-order chi connectivity index (χ0) is 16.7. The summed E-state index contributed by atoms with van der Waals surface area (Å²) in [5.41, 5.74) is 1.56. The lowest BCUT2D eigenvalue weighted by Crippen LogP contribution is -2.25. The highest BCUT2D eigenvalue weighted by molar-refractivity contribution is 7.92. The number of pyridine rings is 1. The quantitative estimate of drug-likeness (QED) is 0.942. The molecule has 0 aliphatic heterocycles. The fraction of sp³-hybridized carbons (Fsp3) is 0.467. The Kier molecular flexibility index (Phi) is 4.04. The number of nitrogens with zero attached hydrogens (tertiary/aromatic N) is 3. The smallest absolute Gasteiger partial charge is 0.263 e. The van der Waals surface area contributed by atoms with Gasteiger partial charge >= 0.3 is 0 Å². The molecule has 2 heterocycles. The van der Waals surface area contributed by atoms with E-state index < -0.39 is 10.0 Å². The number of rotatable bonds is 3. The van der Waals surface area contributed by atoms with Crippen LogP contribution in [0.15, 0.2) is 23.1 Å². The molecular weight excluding hydrogens is 300 g/mol. The molecule has 2 rings (SSSR count). The lowest BCUT2D eigenvalue weighted by Gasteiger charge is -2.21. The van der Waals surface area contributed by atoms with Gasteiger partial charge in [-0.3, -0.25) is 9.40 Å².